The average molecular weight is 218 g/mol. The monoisotopic (exact) mass is 218 g/mol. The molecule has 5 nitrogen and oxygen atoms in total. The molecule has 0 spiro atoms. The minimum atomic E-state index is 0.774. The van der Waals surface area contributed by atoms with Gasteiger partial charge in [0.05, 0.1) is 18.9 Å². The summed E-state index contributed by atoms with van der Waals surface area (Å²) in [6.07, 6.45) is 3.68. The lowest BCUT2D eigenvalue weighted by Crippen LogP contribution is -2.37. The van der Waals surface area contributed by atoms with Gasteiger partial charge >= 0.3 is 0 Å². The van der Waals surface area contributed by atoms with E-state index in [0.29, 0.717) is 0 Å². The highest BCUT2D eigenvalue weighted by Crippen LogP contribution is 2.20. The van der Waals surface area contributed by atoms with Crippen LogP contribution < -0.4 is 4.90 Å². The van der Waals surface area contributed by atoms with Crippen LogP contribution >= 0.6 is 0 Å². The Morgan fingerprint density at radius 1 is 1.31 bits per heavy atom. The van der Waals surface area contributed by atoms with Crippen molar-refractivity contribution in [1.82, 2.24) is 14.6 Å². The van der Waals surface area contributed by atoms with Gasteiger partial charge in [0, 0.05) is 25.5 Å². The zero-order chi connectivity index (χ0) is 11.0. The summed E-state index contributed by atoms with van der Waals surface area (Å²) in [5.74, 6) is 1.01. The van der Waals surface area contributed by atoms with Crippen LogP contribution in [-0.4, -0.2) is 40.9 Å². The lowest BCUT2D eigenvalue weighted by molar-refractivity contribution is 0.122. The predicted octanol–water partition coefficient (Wildman–Crippen LogP) is 0.874. The molecule has 2 aromatic heterocycles. The molecule has 0 atom stereocenters. The van der Waals surface area contributed by atoms with Crippen LogP contribution in [0.25, 0.3) is 5.52 Å². The van der Waals surface area contributed by atoms with Gasteiger partial charge in [-0.2, -0.15) is 5.10 Å². The Hall–Kier alpha value is -1.62. The van der Waals surface area contributed by atoms with Crippen molar-refractivity contribution in [3.8, 4) is 0 Å². The summed E-state index contributed by atoms with van der Waals surface area (Å²) in [6, 6.07) is 2.07. The highest BCUT2D eigenvalue weighted by atomic mass is 16.5. The molecule has 1 aliphatic heterocycles. The third-order valence-corrected chi connectivity index (χ3v) is 2.80. The quantitative estimate of drug-likeness (QED) is 0.712. The Balaban J connectivity index is 2.07. The minimum Gasteiger partial charge on any atom is -0.378 e. The van der Waals surface area contributed by atoms with Crippen molar-refractivity contribution in [3.63, 3.8) is 0 Å². The first kappa shape index (κ1) is 9.59. The van der Waals surface area contributed by atoms with Crippen molar-refractivity contribution in [3.05, 3.63) is 24.2 Å². The second kappa shape index (κ2) is 3.75. The van der Waals surface area contributed by atoms with Gasteiger partial charge in [-0.3, -0.25) is 0 Å². The fraction of sp³-hybridized carbons (Fsp3) is 0.455. The number of hydrogen-bond acceptors (Lipinski definition) is 4. The van der Waals surface area contributed by atoms with Crippen LogP contribution in [0.3, 0.4) is 0 Å². The van der Waals surface area contributed by atoms with Crippen LogP contribution in [0.1, 0.15) is 5.69 Å². The summed E-state index contributed by atoms with van der Waals surface area (Å²) in [6.45, 7) is 5.34. The smallest absolute Gasteiger partial charge is 0.154 e. The van der Waals surface area contributed by atoms with Gasteiger partial charge in [-0.1, -0.05) is 0 Å². The van der Waals surface area contributed by atoms with Gasteiger partial charge in [-0.15, -0.1) is 0 Å². The van der Waals surface area contributed by atoms with Crippen LogP contribution in [0.4, 0.5) is 5.82 Å². The number of hydrogen-bond donors (Lipinski definition) is 0. The van der Waals surface area contributed by atoms with Crippen LogP contribution in [0.2, 0.25) is 0 Å². The Morgan fingerprint density at radius 3 is 2.94 bits per heavy atom. The van der Waals surface area contributed by atoms with E-state index in [0.717, 1.165) is 43.3 Å². The zero-order valence-corrected chi connectivity index (χ0v) is 9.26. The van der Waals surface area contributed by atoms with Crippen molar-refractivity contribution in [1.29, 1.82) is 0 Å². The summed E-state index contributed by atoms with van der Waals surface area (Å²) in [5, 5.41) is 4.39. The Morgan fingerprint density at radius 2 is 2.12 bits per heavy atom. The van der Waals surface area contributed by atoms with Crippen molar-refractivity contribution in [2.45, 2.75) is 6.92 Å². The summed E-state index contributed by atoms with van der Waals surface area (Å²) < 4.78 is 7.23. The number of aromatic nitrogens is 3. The minimum absolute atomic E-state index is 0.774. The Labute approximate surface area is 93.6 Å². The SMILES string of the molecule is Cc1cc2c(N3CCOCC3)nccn2n1. The van der Waals surface area contributed by atoms with E-state index in [1.807, 2.05) is 17.6 Å². The summed E-state index contributed by atoms with van der Waals surface area (Å²) in [4.78, 5) is 6.70. The molecule has 0 aromatic carbocycles. The van der Waals surface area contributed by atoms with E-state index in [1.54, 1.807) is 6.20 Å². The van der Waals surface area contributed by atoms with Gasteiger partial charge in [0.2, 0.25) is 0 Å². The molecule has 0 unspecified atom stereocenters. The first-order valence-electron chi connectivity index (χ1n) is 5.48. The highest BCUT2D eigenvalue weighted by Gasteiger charge is 2.15. The number of rotatable bonds is 1. The van der Waals surface area contributed by atoms with Crippen molar-refractivity contribution < 1.29 is 4.74 Å². The molecule has 1 saturated heterocycles. The molecule has 3 heterocycles. The van der Waals surface area contributed by atoms with E-state index in [4.69, 9.17) is 4.74 Å². The second-order valence-corrected chi connectivity index (χ2v) is 3.97. The van der Waals surface area contributed by atoms with E-state index in [9.17, 15) is 0 Å². The number of anilines is 1. The molecule has 0 amide bonds. The third-order valence-electron chi connectivity index (χ3n) is 2.80. The van der Waals surface area contributed by atoms with E-state index < -0.39 is 0 Å². The topological polar surface area (TPSA) is 42.7 Å². The van der Waals surface area contributed by atoms with Crippen molar-refractivity contribution in [2.24, 2.45) is 0 Å². The molecule has 0 aliphatic carbocycles. The summed E-state index contributed by atoms with van der Waals surface area (Å²) in [5.41, 5.74) is 2.09. The molecule has 3 rings (SSSR count). The normalized spacial score (nSPS) is 16.9. The molecular weight excluding hydrogens is 204 g/mol. The molecule has 1 fully saturated rings. The molecule has 84 valence electrons. The number of aryl methyl sites for hydroxylation is 1. The van der Waals surface area contributed by atoms with Crippen molar-refractivity contribution >= 4 is 11.3 Å². The molecule has 0 saturated carbocycles. The molecule has 0 bridgehead atoms. The maximum Gasteiger partial charge on any atom is 0.154 e. The summed E-state index contributed by atoms with van der Waals surface area (Å²) >= 11 is 0. The van der Waals surface area contributed by atoms with Crippen LogP contribution in [0.15, 0.2) is 18.5 Å². The fourth-order valence-corrected chi connectivity index (χ4v) is 2.05. The van der Waals surface area contributed by atoms with E-state index in [-0.39, 0.29) is 0 Å². The average Bonchev–Trinajstić information content (AvgIpc) is 2.70. The number of morpholine rings is 1. The molecule has 1 aliphatic rings. The molecule has 2 aromatic rings. The first-order valence-corrected chi connectivity index (χ1v) is 5.48. The number of ether oxygens (including phenoxy) is 1. The second-order valence-electron chi connectivity index (χ2n) is 3.97. The van der Waals surface area contributed by atoms with E-state index >= 15 is 0 Å². The molecule has 5 heteroatoms. The maximum atomic E-state index is 5.35. The van der Waals surface area contributed by atoms with Gasteiger partial charge in [-0.05, 0) is 13.0 Å². The standard InChI is InChI=1S/C11H14N4O/c1-9-8-10-11(12-2-3-15(10)13-9)14-4-6-16-7-5-14/h2-3,8H,4-7H2,1H3. The molecule has 0 N–H and O–H groups in total. The summed E-state index contributed by atoms with van der Waals surface area (Å²) in [7, 11) is 0. The molecule has 16 heavy (non-hydrogen) atoms. The first-order chi connectivity index (χ1) is 7.84. The van der Waals surface area contributed by atoms with E-state index in [1.165, 1.54) is 0 Å². The molecular formula is C11H14N4O. The lowest BCUT2D eigenvalue weighted by Gasteiger charge is -2.27. The third kappa shape index (κ3) is 1.53. The van der Waals surface area contributed by atoms with Gasteiger partial charge in [0.15, 0.2) is 5.82 Å². The van der Waals surface area contributed by atoms with E-state index in [2.05, 4.69) is 21.0 Å². The predicted molar refractivity (Wildman–Crippen MR) is 60.8 cm³/mol. The Bertz CT molecular complexity index is 502. The van der Waals surface area contributed by atoms with Crippen LogP contribution in [0.5, 0.6) is 0 Å². The molecule has 0 radical (unpaired) electrons. The maximum absolute atomic E-state index is 5.35. The Kier molecular flexibility index (Phi) is 2.25. The van der Waals surface area contributed by atoms with Crippen molar-refractivity contribution in [2.75, 3.05) is 31.2 Å². The number of fused-ring (bicyclic) bond motifs is 1. The van der Waals surface area contributed by atoms with Gasteiger partial charge in [0.1, 0.15) is 5.52 Å². The number of nitrogens with zero attached hydrogens (tertiary/aromatic N) is 4. The van der Waals surface area contributed by atoms with Crippen LogP contribution in [-0.2, 0) is 4.74 Å². The zero-order valence-electron chi connectivity index (χ0n) is 9.26. The van der Waals surface area contributed by atoms with Gasteiger partial charge in [0.25, 0.3) is 0 Å². The van der Waals surface area contributed by atoms with Crippen LogP contribution in [0, 0.1) is 6.92 Å². The lowest BCUT2D eigenvalue weighted by atomic mass is 10.3. The fourth-order valence-electron chi connectivity index (χ4n) is 2.05. The highest BCUT2D eigenvalue weighted by molar-refractivity contribution is 5.69. The van der Waals surface area contributed by atoms with Gasteiger partial charge in [-0.25, -0.2) is 9.50 Å². The van der Waals surface area contributed by atoms with Gasteiger partial charge < -0.3 is 9.64 Å². The largest absolute Gasteiger partial charge is 0.378 e.